The van der Waals surface area contributed by atoms with Crippen molar-refractivity contribution in [1.29, 1.82) is 0 Å². The van der Waals surface area contributed by atoms with Crippen LogP contribution in [-0.4, -0.2) is 42.5 Å². The molecule has 2 saturated heterocycles. The number of hydrogen-bond acceptors (Lipinski definition) is 2. The summed E-state index contributed by atoms with van der Waals surface area (Å²) in [6.45, 7) is 6.49. The molecule has 3 atom stereocenters. The van der Waals surface area contributed by atoms with Crippen molar-refractivity contribution in [3.8, 4) is 0 Å². The molecule has 1 aliphatic carbocycles. The third-order valence-corrected chi connectivity index (χ3v) is 8.30. The van der Waals surface area contributed by atoms with E-state index < -0.39 is 11.7 Å². The van der Waals surface area contributed by atoms with E-state index in [4.69, 9.17) is 0 Å². The highest BCUT2D eigenvalue weighted by Crippen LogP contribution is 2.54. The zero-order valence-electron chi connectivity index (χ0n) is 18.7. The van der Waals surface area contributed by atoms with E-state index in [1.807, 2.05) is 0 Å². The van der Waals surface area contributed by atoms with Gasteiger partial charge in [0.2, 0.25) is 0 Å². The van der Waals surface area contributed by atoms with Gasteiger partial charge >= 0.3 is 6.18 Å². The Kier molecular flexibility index (Phi) is 6.06. The second kappa shape index (κ2) is 8.83. The van der Waals surface area contributed by atoms with Crippen LogP contribution in [0.4, 0.5) is 13.2 Å². The second-order valence-electron chi connectivity index (χ2n) is 10.1. The van der Waals surface area contributed by atoms with Gasteiger partial charge in [-0.3, -0.25) is 4.90 Å². The van der Waals surface area contributed by atoms with Gasteiger partial charge in [-0.25, -0.2) is 0 Å². The SMILES string of the molecule is FC(F)(F)c1ccc(CN2CC3CCC(CCN4CCCC4)(c4ccccc4)C3C2)cc1. The Morgan fingerprint density at radius 1 is 0.875 bits per heavy atom. The third kappa shape index (κ3) is 4.34. The van der Waals surface area contributed by atoms with Crippen LogP contribution < -0.4 is 0 Å². The first-order valence-electron chi connectivity index (χ1n) is 12.1. The van der Waals surface area contributed by atoms with Crippen LogP contribution in [0.5, 0.6) is 0 Å². The standard InChI is InChI=1S/C27H33F3N2/c28-27(29,30)24-10-8-21(9-11-24)18-32-19-22-12-13-26(25(22)20-32,23-6-2-1-3-7-23)14-17-31-15-4-5-16-31/h1-3,6-11,22,25H,4-5,12-20H2. The summed E-state index contributed by atoms with van der Waals surface area (Å²) in [5, 5.41) is 0. The Hall–Kier alpha value is -1.85. The van der Waals surface area contributed by atoms with Crippen LogP contribution in [0, 0.1) is 11.8 Å². The molecule has 5 heteroatoms. The molecule has 2 aromatic carbocycles. The van der Waals surface area contributed by atoms with E-state index in [0.717, 1.165) is 25.2 Å². The summed E-state index contributed by atoms with van der Waals surface area (Å²) in [6, 6.07) is 16.8. The van der Waals surface area contributed by atoms with Gasteiger partial charge in [0.15, 0.2) is 0 Å². The predicted molar refractivity (Wildman–Crippen MR) is 121 cm³/mol. The summed E-state index contributed by atoms with van der Waals surface area (Å²) >= 11 is 0. The number of fused-ring (bicyclic) bond motifs is 1. The fourth-order valence-corrected chi connectivity index (χ4v) is 6.64. The number of likely N-dealkylation sites (tertiary alicyclic amines) is 2. The van der Waals surface area contributed by atoms with E-state index in [2.05, 4.69) is 40.1 Å². The number of rotatable bonds is 6. The number of nitrogens with zero attached hydrogens (tertiary/aromatic N) is 2. The Morgan fingerprint density at radius 3 is 2.28 bits per heavy atom. The highest BCUT2D eigenvalue weighted by atomic mass is 19.4. The molecular weight excluding hydrogens is 409 g/mol. The Labute approximate surface area is 189 Å². The molecule has 0 aromatic heterocycles. The van der Waals surface area contributed by atoms with Gasteiger partial charge in [0, 0.05) is 25.0 Å². The minimum atomic E-state index is -4.27. The maximum Gasteiger partial charge on any atom is 0.416 e. The smallest absolute Gasteiger partial charge is 0.303 e. The quantitative estimate of drug-likeness (QED) is 0.544. The van der Waals surface area contributed by atoms with Crippen LogP contribution >= 0.6 is 0 Å². The van der Waals surface area contributed by atoms with Gasteiger partial charge in [-0.1, -0.05) is 42.5 Å². The Morgan fingerprint density at radius 2 is 1.59 bits per heavy atom. The number of alkyl halides is 3. The Balaban J connectivity index is 1.31. The van der Waals surface area contributed by atoms with Crippen molar-refractivity contribution in [2.45, 2.75) is 50.2 Å². The van der Waals surface area contributed by atoms with Gasteiger partial charge in [0.1, 0.15) is 0 Å². The largest absolute Gasteiger partial charge is 0.416 e. The lowest BCUT2D eigenvalue weighted by Crippen LogP contribution is -2.38. The molecular formula is C27H33F3N2. The molecule has 1 saturated carbocycles. The molecule has 2 aromatic rings. The molecule has 172 valence electrons. The van der Waals surface area contributed by atoms with E-state index in [-0.39, 0.29) is 5.41 Å². The molecule has 3 unspecified atom stereocenters. The normalized spacial score (nSPS) is 29.0. The first kappa shape index (κ1) is 22.0. The van der Waals surface area contributed by atoms with Crippen molar-refractivity contribution in [3.63, 3.8) is 0 Å². The summed E-state index contributed by atoms with van der Waals surface area (Å²) < 4.78 is 38.7. The average molecular weight is 443 g/mol. The molecule has 0 bridgehead atoms. The monoisotopic (exact) mass is 442 g/mol. The molecule has 3 fully saturated rings. The fraction of sp³-hybridized carbons (Fsp3) is 0.556. The lowest BCUT2D eigenvalue weighted by molar-refractivity contribution is -0.137. The maximum atomic E-state index is 12.9. The molecule has 2 nitrogen and oxygen atoms in total. The van der Waals surface area contributed by atoms with Crippen LogP contribution in [0.25, 0.3) is 0 Å². The number of hydrogen-bond donors (Lipinski definition) is 0. The van der Waals surface area contributed by atoms with Crippen molar-refractivity contribution in [2.24, 2.45) is 11.8 Å². The maximum absolute atomic E-state index is 12.9. The van der Waals surface area contributed by atoms with E-state index in [1.165, 1.54) is 69.4 Å². The second-order valence-corrected chi connectivity index (χ2v) is 10.1. The van der Waals surface area contributed by atoms with Crippen molar-refractivity contribution in [2.75, 3.05) is 32.7 Å². The van der Waals surface area contributed by atoms with E-state index >= 15 is 0 Å². The topological polar surface area (TPSA) is 6.48 Å². The van der Waals surface area contributed by atoms with Crippen LogP contribution in [0.3, 0.4) is 0 Å². The number of halogens is 3. The summed E-state index contributed by atoms with van der Waals surface area (Å²) in [4.78, 5) is 5.11. The van der Waals surface area contributed by atoms with Gasteiger partial charge in [-0.05, 0) is 86.8 Å². The van der Waals surface area contributed by atoms with Gasteiger partial charge in [-0.2, -0.15) is 13.2 Å². The Bertz CT molecular complexity index is 889. The molecule has 0 N–H and O–H groups in total. The molecule has 2 heterocycles. The molecule has 5 rings (SSSR count). The highest BCUT2D eigenvalue weighted by molar-refractivity contribution is 5.30. The molecule has 0 spiro atoms. The molecule has 32 heavy (non-hydrogen) atoms. The average Bonchev–Trinajstić information content (AvgIpc) is 3.51. The minimum Gasteiger partial charge on any atom is -0.303 e. The first-order valence-corrected chi connectivity index (χ1v) is 12.1. The highest BCUT2D eigenvalue weighted by Gasteiger charge is 2.52. The summed E-state index contributed by atoms with van der Waals surface area (Å²) in [7, 11) is 0. The van der Waals surface area contributed by atoms with Gasteiger partial charge in [0.05, 0.1) is 5.56 Å². The zero-order chi connectivity index (χ0) is 22.2. The minimum absolute atomic E-state index is 0.226. The zero-order valence-corrected chi connectivity index (χ0v) is 18.7. The van der Waals surface area contributed by atoms with Gasteiger partial charge in [-0.15, -0.1) is 0 Å². The lowest BCUT2D eigenvalue weighted by Gasteiger charge is -2.38. The summed E-state index contributed by atoms with van der Waals surface area (Å²) in [6.07, 6.45) is 2.11. The van der Waals surface area contributed by atoms with Crippen LogP contribution in [0.2, 0.25) is 0 Å². The predicted octanol–water partition coefficient (Wildman–Crippen LogP) is 5.97. The first-order chi connectivity index (χ1) is 15.4. The van der Waals surface area contributed by atoms with E-state index in [0.29, 0.717) is 11.8 Å². The fourth-order valence-electron chi connectivity index (χ4n) is 6.64. The summed E-state index contributed by atoms with van der Waals surface area (Å²) in [5.41, 5.74) is 2.12. The van der Waals surface area contributed by atoms with Crippen molar-refractivity contribution < 1.29 is 13.2 Å². The van der Waals surface area contributed by atoms with Crippen molar-refractivity contribution in [3.05, 3.63) is 71.3 Å². The van der Waals surface area contributed by atoms with E-state index in [1.54, 1.807) is 12.1 Å². The van der Waals surface area contributed by atoms with Gasteiger partial charge in [0.25, 0.3) is 0 Å². The van der Waals surface area contributed by atoms with Crippen molar-refractivity contribution >= 4 is 0 Å². The van der Waals surface area contributed by atoms with Crippen LogP contribution in [-0.2, 0) is 18.1 Å². The molecule has 2 aliphatic heterocycles. The van der Waals surface area contributed by atoms with E-state index in [9.17, 15) is 13.2 Å². The van der Waals surface area contributed by atoms with Crippen LogP contribution in [0.1, 0.15) is 48.8 Å². The van der Waals surface area contributed by atoms with Crippen LogP contribution in [0.15, 0.2) is 54.6 Å². The molecule has 3 aliphatic rings. The molecule has 0 amide bonds. The number of benzene rings is 2. The molecule has 0 radical (unpaired) electrons. The lowest BCUT2D eigenvalue weighted by atomic mass is 9.69. The summed E-state index contributed by atoms with van der Waals surface area (Å²) in [5.74, 6) is 1.31. The third-order valence-electron chi connectivity index (χ3n) is 8.30. The van der Waals surface area contributed by atoms with Crippen molar-refractivity contribution in [1.82, 2.24) is 9.80 Å². The van der Waals surface area contributed by atoms with Gasteiger partial charge < -0.3 is 4.90 Å².